The van der Waals surface area contributed by atoms with Gasteiger partial charge in [0.1, 0.15) is 17.5 Å². The van der Waals surface area contributed by atoms with Gasteiger partial charge in [-0.1, -0.05) is 53.2 Å². The van der Waals surface area contributed by atoms with Gasteiger partial charge in [0.25, 0.3) is 0 Å². The number of aromatic nitrogens is 1. The Morgan fingerprint density at radius 2 is 1.94 bits per heavy atom. The third-order valence-electron chi connectivity index (χ3n) is 2.27. The molecule has 92 valence electrons. The lowest BCUT2D eigenvalue weighted by Crippen LogP contribution is -2.13. The van der Waals surface area contributed by atoms with Crippen molar-refractivity contribution in [2.24, 2.45) is 5.16 Å². The van der Waals surface area contributed by atoms with Crippen molar-refractivity contribution >= 4 is 17.3 Å². The van der Waals surface area contributed by atoms with E-state index < -0.39 is 0 Å². The van der Waals surface area contributed by atoms with E-state index in [1.54, 1.807) is 18.2 Å². The van der Waals surface area contributed by atoms with Crippen molar-refractivity contribution in [3.63, 3.8) is 0 Å². The van der Waals surface area contributed by atoms with Gasteiger partial charge in [0.2, 0.25) is 5.88 Å². The van der Waals surface area contributed by atoms with Crippen LogP contribution in [0.25, 0.3) is 0 Å². The molecule has 1 N–H and O–H groups in total. The SMILES string of the molecule is ON=C(COc1cccc(Cl)n1)c1ccccc1. The van der Waals surface area contributed by atoms with Gasteiger partial charge in [-0.05, 0) is 6.07 Å². The second kappa shape index (κ2) is 6.02. The number of pyridine rings is 1. The molecule has 0 radical (unpaired) electrons. The molecular weight excluding hydrogens is 252 g/mol. The van der Waals surface area contributed by atoms with Gasteiger partial charge in [-0.25, -0.2) is 4.98 Å². The quantitative estimate of drug-likeness (QED) is 0.399. The van der Waals surface area contributed by atoms with Gasteiger partial charge in [-0.2, -0.15) is 0 Å². The Morgan fingerprint density at radius 3 is 2.61 bits per heavy atom. The Balaban J connectivity index is 2.05. The van der Waals surface area contributed by atoms with Crippen LogP contribution in [0.2, 0.25) is 5.15 Å². The number of hydrogen-bond donors (Lipinski definition) is 1. The van der Waals surface area contributed by atoms with Crippen molar-refractivity contribution in [1.82, 2.24) is 4.98 Å². The number of halogens is 1. The van der Waals surface area contributed by atoms with E-state index in [-0.39, 0.29) is 6.61 Å². The summed E-state index contributed by atoms with van der Waals surface area (Å²) < 4.78 is 5.41. The number of rotatable bonds is 4. The Hall–Kier alpha value is -2.07. The van der Waals surface area contributed by atoms with Crippen LogP contribution in [0.15, 0.2) is 53.7 Å². The first-order valence-electron chi connectivity index (χ1n) is 5.31. The number of oxime groups is 1. The zero-order chi connectivity index (χ0) is 12.8. The van der Waals surface area contributed by atoms with E-state index in [0.717, 1.165) is 5.56 Å². The van der Waals surface area contributed by atoms with Crippen molar-refractivity contribution in [3.05, 3.63) is 59.2 Å². The molecule has 0 aliphatic rings. The van der Waals surface area contributed by atoms with E-state index in [1.807, 2.05) is 30.3 Å². The van der Waals surface area contributed by atoms with Gasteiger partial charge >= 0.3 is 0 Å². The van der Waals surface area contributed by atoms with Crippen LogP contribution in [-0.2, 0) is 0 Å². The minimum atomic E-state index is 0.119. The molecule has 2 aromatic rings. The molecule has 0 bridgehead atoms. The largest absolute Gasteiger partial charge is 0.471 e. The highest BCUT2D eigenvalue weighted by Crippen LogP contribution is 2.12. The summed E-state index contributed by atoms with van der Waals surface area (Å²) in [5.41, 5.74) is 1.22. The van der Waals surface area contributed by atoms with Crippen molar-refractivity contribution in [1.29, 1.82) is 0 Å². The van der Waals surface area contributed by atoms with E-state index in [2.05, 4.69) is 10.1 Å². The van der Waals surface area contributed by atoms with E-state index >= 15 is 0 Å². The molecule has 0 aliphatic heterocycles. The molecule has 0 unspecified atom stereocenters. The lowest BCUT2D eigenvalue weighted by atomic mass is 10.1. The maximum absolute atomic E-state index is 8.97. The average molecular weight is 263 g/mol. The number of hydrogen-bond acceptors (Lipinski definition) is 4. The second-order valence-corrected chi connectivity index (χ2v) is 3.89. The number of ether oxygens (including phenoxy) is 1. The molecule has 2 rings (SSSR count). The summed E-state index contributed by atoms with van der Waals surface area (Å²) in [5.74, 6) is 0.389. The maximum Gasteiger partial charge on any atom is 0.215 e. The summed E-state index contributed by atoms with van der Waals surface area (Å²) in [6.07, 6.45) is 0. The Bertz CT molecular complexity index is 544. The monoisotopic (exact) mass is 262 g/mol. The molecule has 1 heterocycles. The van der Waals surface area contributed by atoms with Gasteiger partial charge in [0.05, 0.1) is 0 Å². The summed E-state index contributed by atoms with van der Waals surface area (Å²) >= 11 is 5.74. The molecule has 0 aliphatic carbocycles. The Kier molecular flexibility index (Phi) is 4.15. The van der Waals surface area contributed by atoms with Crippen molar-refractivity contribution in [2.75, 3.05) is 6.61 Å². The molecule has 5 heteroatoms. The smallest absolute Gasteiger partial charge is 0.215 e. The van der Waals surface area contributed by atoms with Crippen LogP contribution in [0.3, 0.4) is 0 Å². The van der Waals surface area contributed by atoms with Crippen LogP contribution in [0.4, 0.5) is 0 Å². The fraction of sp³-hybridized carbons (Fsp3) is 0.0769. The minimum absolute atomic E-state index is 0.119. The highest BCUT2D eigenvalue weighted by atomic mass is 35.5. The number of benzene rings is 1. The van der Waals surface area contributed by atoms with E-state index in [1.165, 1.54) is 0 Å². The first kappa shape index (κ1) is 12.4. The molecule has 18 heavy (non-hydrogen) atoms. The highest BCUT2D eigenvalue weighted by Gasteiger charge is 2.05. The standard InChI is InChI=1S/C13H11ClN2O2/c14-12-7-4-8-13(15-12)18-9-11(16-17)10-5-2-1-3-6-10/h1-8,17H,9H2. The topological polar surface area (TPSA) is 54.7 Å². The Labute approximate surface area is 109 Å². The van der Waals surface area contributed by atoms with Crippen LogP contribution >= 0.6 is 11.6 Å². The average Bonchev–Trinajstić information content (AvgIpc) is 2.41. The fourth-order valence-corrected chi connectivity index (χ4v) is 1.57. The molecule has 1 aromatic heterocycles. The lowest BCUT2D eigenvalue weighted by Gasteiger charge is -2.07. The van der Waals surface area contributed by atoms with E-state index in [9.17, 15) is 0 Å². The lowest BCUT2D eigenvalue weighted by molar-refractivity contribution is 0.306. The zero-order valence-electron chi connectivity index (χ0n) is 9.45. The third kappa shape index (κ3) is 3.21. The predicted octanol–water partition coefficient (Wildman–Crippen LogP) is 2.99. The van der Waals surface area contributed by atoms with Gasteiger partial charge < -0.3 is 9.94 Å². The second-order valence-electron chi connectivity index (χ2n) is 3.50. The summed E-state index contributed by atoms with van der Waals surface area (Å²) in [4.78, 5) is 3.98. The molecule has 0 spiro atoms. The normalized spacial score (nSPS) is 11.3. The first-order valence-corrected chi connectivity index (χ1v) is 5.69. The summed E-state index contributed by atoms with van der Waals surface area (Å²) in [6, 6.07) is 14.4. The van der Waals surface area contributed by atoms with Crippen molar-refractivity contribution < 1.29 is 9.94 Å². The molecule has 4 nitrogen and oxygen atoms in total. The van der Waals surface area contributed by atoms with Crippen LogP contribution in [-0.4, -0.2) is 22.5 Å². The van der Waals surface area contributed by atoms with Gasteiger partial charge in [-0.15, -0.1) is 0 Å². The van der Waals surface area contributed by atoms with Crippen molar-refractivity contribution in [3.8, 4) is 5.88 Å². The fourth-order valence-electron chi connectivity index (χ4n) is 1.41. The maximum atomic E-state index is 8.97. The molecular formula is C13H11ClN2O2. The summed E-state index contributed by atoms with van der Waals surface area (Å²) in [7, 11) is 0. The molecule has 1 aromatic carbocycles. The zero-order valence-corrected chi connectivity index (χ0v) is 10.2. The molecule has 0 saturated carbocycles. The molecule has 0 saturated heterocycles. The van der Waals surface area contributed by atoms with Crippen LogP contribution in [0.5, 0.6) is 5.88 Å². The number of nitrogens with zero attached hydrogens (tertiary/aromatic N) is 2. The van der Waals surface area contributed by atoms with Crippen molar-refractivity contribution in [2.45, 2.75) is 0 Å². The van der Waals surface area contributed by atoms with E-state index in [4.69, 9.17) is 21.5 Å². The van der Waals surface area contributed by atoms with Gasteiger partial charge in [0.15, 0.2) is 0 Å². The van der Waals surface area contributed by atoms with Crippen LogP contribution in [0, 0.1) is 0 Å². The van der Waals surface area contributed by atoms with Gasteiger partial charge in [-0.3, -0.25) is 0 Å². The Morgan fingerprint density at radius 1 is 1.17 bits per heavy atom. The van der Waals surface area contributed by atoms with Gasteiger partial charge in [0, 0.05) is 11.6 Å². The third-order valence-corrected chi connectivity index (χ3v) is 2.48. The molecule has 0 fully saturated rings. The summed E-state index contributed by atoms with van der Waals surface area (Å²) in [6.45, 7) is 0.119. The summed E-state index contributed by atoms with van der Waals surface area (Å²) in [5, 5.41) is 12.6. The van der Waals surface area contributed by atoms with Crippen LogP contribution < -0.4 is 4.74 Å². The predicted molar refractivity (Wildman–Crippen MR) is 69.5 cm³/mol. The first-order chi connectivity index (χ1) is 8.79. The van der Waals surface area contributed by atoms with Crippen LogP contribution in [0.1, 0.15) is 5.56 Å². The van der Waals surface area contributed by atoms with E-state index in [0.29, 0.717) is 16.7 Å². The highest BCUT2D eigenvalue weighted by molar-refractivity contribution is 6.29. The minimum Gasteiger partial charge on any atom is -0.471 e. The molecule has 0 amide bonds. The molecule has 0 atom stereocenters.